The molecule has 214 valence electrons. The van der Waals surface area contributed by atoms with Gasteiger partial charge in [-0.15, -0.1) is 0 Å². The molecule has 2 rings (SSSR count). The molecule has 0 aromatic heterocycles. The normalized spacial score (nSPS) is 14.1. The summed E-state index contributed by atoms with van der Waals surface area (Å²) in [4.78, 5) is 43.2. The number of nitrogens with zero attached hydrogens (tertiary/aromatic N) is 1. The average Bonchev–Trinajstić information content (AvgIpc) is 2.86. The fourth-order valence-corrected chi connectivity index (χ4v) is 4.47. The van der Waals surface area contributed by atoms with Crippen molar-refractivity contribution in [3.8, 4) is 0 Å². The van der Waals surface area contributed by atoms with E-state index in [-0.39, 0.29) is 17.7 Å². The van der Waals surface area contributed by atoms with Gasteiger partial charge in [0, 0.05) is 11.2 Å². The van der Waals surface area contributed by atoms with Gasteiger partial charge < -0.3 is 20.3 Å². The molecule has 0 spiro atoms. The minimum Gasteiger partial charge on any atom is -0.444 e. The lowest BCUT2D eigenvalue weighted by Crippen LogP contribution is -2.60. The van der Waals surface area contributed by atoms with Crippen LogP contribution in [-0.2, 0) is 14.3 Å². The van der Waals surface area contributed by atoms with Crippen LogP contribution in [0, 0.1) is 19.8 Å². The highest BCUT2D eigenvalue weighted by Crippen LogP contribution is 2.34. The van der Waals surface area contributed by atoms with Crippen LogP contribution >= 0.6 is 0 Å². The number of para-hydroxylation sites is 1. The predicted octanol–water partition coefficient (Wildman–Crippen LogP) is 6.94. The summed E-state index contributed by atoms with van der Waals surface area (Å²) in [5, 5.41) is 5.95. The molecule has 2 aromatic rings. The summed E-state index contributed by atoms with van der Waals surface area (Å²) < 4.78 is 5.50. The first-order chi connectivity index (χ1) is 18.1. The average molecular weight is 538 g/mol. The molecule has 0 saturated carbocycles. The van der Waals surface area contributed by atoms with Crippen molar-refractivity contribution in [1.29, 1.82) is 0 Å². The van der Waals surface area contributed by atoms with E-state index in [2.05, 4.69) is 10.6 Å². The van der Waals surface area contributed by atoms with Gasteiger partial charge in [-0.25, -0.2) is 4.79 Å². The number of nitrogens with one attached hydrogen (secondary N) is 2. The van der Waals surface area contributed by atoms with Gasteiger partial charge >= 0.3 is 6.09 Å². The first-order valence-electron chi connectivity index (χ1n) is 13.9. The zero-order valence-electron chi connectivity index (χ0n) is 25.3. The standard InChI is InChI=1S/C32H47N3O4/c1-11-21(3)26(34-30(38)39-31(6,7)8)29(37)35(32(9,10)12-2)27(24-19-14-13-15-20-24)28(36)33-25-22(4)17-16-18-23(25)5/h13-21,26-27H,11-12H2,1-10H3,(H,33,36)(H,34,38). The summed E-state index contributed by atoms with van der Waals surface area (Å²) in [6.07, 6.45) is 0.585. The Morgan fingerprint density at radius 3 is 1.95 bits per heavy atom. The molecule has 0 saturated heterocycles. The van der Waals surface area contributed by atoms with E-state index >= 15 is 0 Å². The SMILES string of the molecule is CCC(C)C(NC(=O)OC(C)(C)C)C(=O)N(C(C(=O)Nc1c(C)cccc1C)c1ccccc1)C(C)(C)CC. The largest absolute Gasteiger partial charge is 0.444 e. The maximum absolute atomic E-state index is 14.5. The zero-order chi connectivity index (χ0) is 29.5. The quantitative estimate of drug-likeness (QED) is 0.344. The van der Waals surface area contributed by atoms with Gasteiger partial charge in [0.25, 0.3) is 5.91 Å². The molecule has 7 heteroatoms. The Kier molecular flexibility index (Phi) is 10.7. The second-order valence-electron chi connectivity index (χ2n) is 12.0. The molecule has 0 heterocycles. The number of rotatable bonds is 10. The van der Waals surface area contributed by atoms with E-state index in [9.17, 15) is 14.4 Å². The van der Waals surface area contributed by atoms with Gasteiger partial charge in [0.05, 0.1) is 0 Å². The van der Waals surface area contributed by atoms with E-state index in [0.29, 0.717) is 18.4 Å². The van der Waals surface area contributed by atoms with Gasteiger partial charge in [0.2, 0.25) is 5.91 Å². The number of alkyl carbamates (subject to hydrolysis) is 1. The first kappa shape index (κ1) is 31.9. The smallest absolute Gasteiger partial charge is 0.408 e. The lowest BCUT2D eigenvalue weighted by atomic mass is 9.89. The minimum absolute atomic E-state index is 0.196. The van der Waals surface area contributed by atoms with Crippen molar-refractivity contribution in [3.63, 3.8) is 0 Å². The highest BCUT2D eigenvalue weighted by molar-refractivity contribution is 6.00. The second kappa shape index (κ2) is 13.1. The van der Waals surface area contributed by atoms with Crippen molar-refractivity contribution in [3.05, 3.63) is 65.2 Å². The monoisotopic (exact) mass is 537 g/mol. The van der Waals surface area contributed by atoms with Crippen molar-refractivity contribution in [2.24, 2.45) is 5.92 Å². The van der Waals surface area contributed by atoms with Gasteiger partial charge in [0.15, 0.2) is 0 Å². The molecule has 2 aromatic carbocycles. The van der Waals surface area contributed by atoms with Crippen molar-refractivity contribution in [1.82, 2.24) is 10.2 Å². The minimum atomic E-state index is -0.931. The summed E-state index contributed by atoms with van der Waals surface area (Å²) in [5.74, 6) is -0.834. The molecule has 0 aliphatic heterocycles. The number of amides is 3. The van der Waals surface area contributed by atoms with Crippen LogP contribution in [0.3, 0.4) is 0 Å². The van der Waals surface area contributed by atoms with Crippen molar-refractivity contribution < 1.29 is 19.1 Å². The van der Waals surface area contributed by atoms with Crippen molar-refractivity contribution in [2.45, 2.75) is 105 Å². The Hall–Kier alpha value is -3.35. The van der Waals surface area contributed by atoms with Crippen LogP contribution in [0.5, 0.6) is 0 Å². The maximum atomic E-state index is 14.5. The number of anilines is 1. The van der Waals surface area contributed by atoms with Gasteiger partial charge in [-0.2, -0.15) is 0 Å². The molecular formula is C32H47N3O4. The van der Waals surface area contributed by atoms with Crippen LogP contribution in [0.25, 0.3) is 0 Å². The Morgan fingerprint density at radius 2 is 1.46 bits per heavy atom. The van der Waals surface area contributed by atoms with Gasteiger partial charge in [-0.1, -0.05) is 75.7 Å². The highest BCUT2D eigenvalue weighted by Gasteiger charge is 2.44. The number of carbonyl (C=O) groups is 3. The van der Waals surface area contributed by atoms with E-state index in [1.165, 1.54) is 0 Å². The van der Waals surface area contributed by atoms with Crippen molar-refractivity contribution >= 4 is 23.6 Å². The number of benzene rings is 2. The van der Waals surface area contributed by atoms with E-state index in [1.54, 1.807) is 25.7 Å². The molecule has 3 atom stereocenters. The lowest BCUT2D eigenvalue weighted by Gasteiger charge is -2.45. The third-order valence-corrected chi connectivity index (χ3v) is 7.26. The number of carbonyl (C=O) groups excluding carboxylic acids is 3. The fraction of sp³-hybridized carbons (Fsp3) is 0.531. The van der Waals surface area contributed by atoms with Crippen LogP contribution in [0.15, 0.2) is 48.5 Å². The Bertz CT molecular complexity index is 1120. The molecule has 0 aliphatic rings. The fourth-order valence-electron chi connectivity index (χ4n) is 4.47. The number of hydrogen-bond donors (Lipinski definition) is 2. The second-order valence-corrected chi connectivity index (χ2v) is 12.0. The predicted molar refractivity (Wildman–Crippen MR) is 158 cm³/mol. The molecule has 7 nitrogen and oxygen atoms in total. The Labute approximate surface area is 234 Å². The molecular weight excluding hydrogens is 490 g/mol. The summed E-state index contributed by atoms with van der Waals surface area (Å²) in [5.41, 5.74) is 1.87. The molecule has 0 fully saturated rings. The van der Waals surface area contributed by atoms with Crippen LogP contribution in [0.1, 0.15) is 91.0 Å². The number of ether oxygens (including phenoxy) is 1. The van der Waals surface area contributed by atoms with Crippen LogP contribution in [0.2, 0.25) is 0 Å². The molecule has 3 unspecified atom stereocenters. The lowest BCUT2D eigenvalue weighted by molar-refractivity contribution is -0.148. The first-order valence-corrected chi connectivity index (χ1v) is 13.9. The molecule has 2 N–H and O–H groups in total. The molecule has 3 amide bonds. The number of aryl methyl sites for hydroxylation is 2. The van der Waals surface area contributed by atoms with Gasteiger partial charge in [-0.3, -0.25) is 9.59 Å². The Balaban J connectivity index is 2.66. The number of hydrogen-bond acceptors (Lipinski definition) is 4. The summed E-state index contributed by atoms with van der Waals surface area (Å²) in [7, 11) is 0. The third kappa shape index (κ3) is 8.32. The summed E-state index contributed by atoms with van der Waals surface area (Å²) >= 11 is 0. The molecule has 0 radical (unpaired) electrons. The van der Waals surface area contributed by atoms with Crippen molar-refractivity contribution in [2.75, 3.05) is 5.32 Å². The van der Waals surface area contributed by atoms with Crippen LogP contribution in [0.4, 0.5) is 10.5 Å². The van der Waals surface area contributed by atoms with E-state index < -0.39 is 29.3 Å². The summed E-state index contributed by atoms with van der Waals surface area (Å²) in [6.45, 7) is 19.0. The maximum Gasteiger partial charge on any atom is 0.408 e. The van der Waals surface area contributed by atoms with Gasteiger partial charge in [0.1, 0.15) is 17.7 Å². The summed E-state index contributed by atoms with van der Waals surface area (Å²) in [6, 6.07) is 13.4. The molecule has 0 aliphatic carbocycles. The molecule has 0 bridgehead atoms. The van der Waals surface area contributed by atoms with E-state index in [0.717, 1.165) is 16.8 Å². The Morgan fingerprint density at radius 1 is 0.897 bits per heavy atom. The third-order valence-electron chi connectivity index (χ3n) is 7.26. The highest BCUT2D eigenvalue weighted by atomic mass is 16.6. The molecule has 39 heavy (non-hydrogen) atoms. The van der Waals surface area contributed by atoms with Gasteiger partial charge in [-0.05, 0) is 77.5 Å². The van der Waals surface area contributed by atoms with Crippen LogP contribution in [-0.4, -0.2) is 40.0 Å². The van der Waals surface area contributed by atoms with E-state index in [4.69, 9.17) is 4.74 Å². The van der Waals surface area contributed by atoms with Crippen LogP contribution < -0.4 is 10.6 Å². The topological polar surface area (TPSA) is 87.7 Å². The zero-order valence-corrected chi connectivity index (χ0v) is 25.3. The van der Waals surface area contributed by atoms with E-state index in [1.807, 2.05) is 97.0 Å².